The molecule has 8 nitrogen and oxygen atoms in total. The van der Waals surface area contributed by atoms with Crippen molar-refractivity contribution in [3.8, 4) is 17.2 Å². The number of aliphatic imine (C=N–C) groups is 1. The molecule has 1 N–H and O–H groups in total. The Morgan fingerprint density at radius 3 is 2.49 bits per heavy atom. The Morgan fingerprint density at radius 1 is 1.03 bits per heavy atom. The lowest BCUT2D eigenvalue weighted by Crippen LogP contribution is -2.44. The van der Waals surface area contributed by atoms with Crippen LogP contribution in [0.1, 0.15) is 12.0 Å². The number of carbonyl (C=O) groups is 2. The summed E-state index contributed by atoms with van der Waals surface area (Å²) in [5.41, 5.74) is 2.03. The normalized spacial score (nSPS) is 16.4. The molecule has 0 aromatic heterocycles. The van der Waals surface area contributed by atoms with Gasteiger partial charge in [0.25, 0.3) is 0 Å². The van der Waals surface area contributed by atoms with Crippen molar-refractivity contribution in [1.82, 2.24) is 4.90 Å². The van der Waals surface area contributed by atoms with Crippen molar-refractivity contribution in [2.45, 2.75) is 18.2 Å². The molecule has 3 aromatic carbocycles. The fourth-order valence-electron chi connectivity index (χ4n) is 3.71. The van der Waals surface area contributed by atoms with E-state index in [1.165, 1.54) is 11.8 Å². The lowest BCUT2D eigenvalue weighted by Gasteiger charge is -2.32. The number of amides is 2. The van der Waals surface area contributed by atoms with Gasteiger partial charge in [-0.25, -0.2) is 4.99 Å². The Balaban J connectivity index is 1.61. The number of rotatable bonds is 8. The summed E-state index contributed by atoms with van der Waals surface area (Å²) in [6, 6.07) is 19.5. The lowest BCUT2D eigenvalue weighted by atomic mass is 10.1. The Bertz CT molecular complexity index is 1320. The first-order chi connectivity index (χ1) is 17.9. The van der Waals surface area contributed by atoms with Gasteiger partial charge in [-0.1, -0.05) is 35.5 Å². The van der Waals surface area contributed by atoms with E-state index in [1.807, 2.05) is 12.1 Å². The summed E-state index contributed by atoms with van der Waals surface area (Å²) in [6.07, 6.45) is 0.0212. The molecule has 1 unspecified atom stereocenters. The molecule has 1 fully saturated rings. The first-order valence-electron chi connectivity index (χ1n) is 11.4. The molecule has 1 saturated heterocycles. The van der Waals surface area contributed by atoms with E-state index in [0.29, 0.717) is 38.8 Å². The first-order valence-corrected chi connectivity index (χ1v) is 12.6. The first kappa shape index (κ1) is 26.4. The van der Waals surface area contributed by atoms with Crippen molar-refractivity contribution >= 4 is 51.7 Å². The summed E-state index contributed by atoms with van der Waals surface area (Å²) in [5, 5.41) is 3.21. The van der Waals surface area contributed by atoms with Crippen molar-refractivity contribution < 1.29 is 23.8 Å². The minimum absolute atomic E-state index is 0.0212. The maximum Gasteiger partial charge on any atom is 0.238 e. The molecule has 0 saturated carbocycles. The van der Waals surface area contributed by atoms with Gasteiger partial charge in [0.1, 0.15) is 11.0 Å². The Kier molecular flexibility index (Phi) is 8.58. The summed E-state index contributed by atoms with van der Waals surface area (Å²) >= 11 is 7.27. The summed E-state index contributed by atoms with van der Waals surface area (Å²) < 4.78 is 16.0. The molecule has 2 amide bonds. The molecule has 0 radical (unpaired) electrons. The van der Waals surface area contributed by atoms with Crippen molar-refractivity contribution in [1.29, 1.82) is 0 Å². The van der Waals surface area contributed by atoms with Crippen LogP contribution in [-0.2, 0) is 16.1 Å². The molecule has 0 aliphatic carbocycles. The van der Waals surface area contributed by atoms with E-state index in [0.717, 1.165) is 5.56 Å². The molecular weight excluding hydrogens is 514 g/mol. The van der Waals surface area contributed by atoms with Crippen molar-refractivity contribution in [3.05, 3.63) is 77.3 Å². The van der Waals surface area contributed by atoms with Crippen LogP contribution in [-0.4, -0.2) is 48.5 Å². The van der Waals surface area contributed by atoms with Gasteiger partial charge in [-0.3, -0.25) is 14.5 Å². The van der Waals surface area contributed by atoms with Crippen LogP contribution in [0, 0.1) is 0 Å². The number of nitrogens with zero attached hydrogens (tertiary/aromatic N) is 2. The topological polar surface area (TPSA) is 89.5 Å². The van der Waals surface area contributed by atoms with Crippen LogP contribution in [0.5, 0.6) is 17.2 Å². The number of halogens is 1. The third-order valence-corrected chi connectivity index (χ3v) is 7.05. The highest BCUT2D eigenvalue weighted by Gasteiger charge is 2.36. The number of nitrogens with one attached hydrogen (secondary N) is 1. The van der Waals surface area contributed by atoms with E-state index in [2.05, 4.69) is 5.32 Å². The highest BCUT2D eigenvalue weighted by Crippen LogP contribution is 2.33. The highest BCUT2D eigenvalue weighted by molar-refractivity contribution is 8.15. The Hall–Kier alpha value is -3.69. The highest BCUT2D eigenvalue weighted by atomic mass is 35.5. The van der Waals surface area contributed by atoms with Gasteiger partial charge in [0.2, 0.25) is 11.8 Å². The molecule has 4 rings (SSSR count). The average Bonchev–Trinajstić information content (AvgIpc) is 2.91. The molecule has 1 aliphatic heterocycles. The zero-order valence-electron chi connectivity index (χ0n) is 20.6. The number of benzene rings is 3. The Labute approximate surface area is 224 Å². The van der Waals surface area contributed by atoms with Crippen LogP contribution < -0.4 is 19.5 Å². The van der Waals surface area contributed by atoms with Crippen LogP contribution in [0.25, 0.3) is 0 Å². The van der Waals surface area contributed by atoms with Gasteiger partial charge in [0, 0.05) is 23.2 Å². The maximum absolute atomic E-state index is 13.4. The number of thioether (sulfide) groups is 1. The number of hydrogen-bond donors (Lipinski definition) is 1. The largest absolute Gasteiger partial charge is 0.497 e. The van der Waals surface area contributed by atoms with Crippen LogP contribution in [0.3, 0.4) is 0 Å². The van der Waals surface area contributed by atoms with Crippen molar-refractivity contribution in [2.24, 2.45) is 4.99 Å². The molecule has 1 aliphatic rings. The van der Waals surface area contributed by atoms with Crippen LogP contribution in [0.2, 0.25) is 5.02 Å². The van der Waals surface area contributed by atoms with E-state index >= 15 is 0 Å². The van der Waals surface area contributed by atoms with Crippen molar-refractivity contribution in [2.75, 3.05) is 26.6 Å². The number of ether oxygens (including phenoxy) is 3. The maximum atomic E-state index is 13.4. The standard InChI is InChI=1S/C27H26ClN3O5S/c1-34-21-6-4-5-20(14-21)29-26(33)24-15-25(32)31(16-17-7-12-22(35-2)23(13-17)36-3)27(37-24)30-19-10-8-18(28)9-11-19/h4-14,24H,15-16H2,1-3H3,(H,29,33). The molecule has 0 bridgehead atoms. The second-order valence-corrected chi connectivity index (χ2v) is 9.68. The van der Waals surface area contributed by atoms with Crippen molar-refractivity contribution in [3.63, 3.8) is 0 Å². The Morgan fingerprint density at radius 2 is 1.78 bits per heavy atom. The molecule has 1 atom stereocenters. The number of methoxy groups -OCH3 is 3. The molecular formula is C27H26ClN3O5S. The third kappa shape index (κ3) is 6.55. The molecule has 3 aromatic rings. The van der Waals surface area contributed by atoms with E-state index in [4.69, 9.17) is 30.8 Å². The molecule has 1 heterocycles. The van der Waals surface area contributed by atoms with E-state index < -0.39 is 5.25 Å². The number of hydrogen-bond acceptors (Lipinski definition) is 7. The summed E-state index contributed by atoms with van der Waals surface area (Å²) in [6.45, 7) is 0.253. The third-order valence-electron chi connectivity index (χ3n) is 5.61. The summed E-state index contributed by atoms with van der Waals surface area (Å²) in [5.74, 6) is 1.27. The monoisotopic (exact) mass is 539 g/mol. The molecule has 10 heteroatoms. The second kappa shape index (κ2) is 12.0. The van der Waals surface area contributed by atoms with Crippen LogP contribution in [0.4, 0.5) is 11.4 Å². The van der Waals surface area contributed by atoms with Gasteiger partial charge in [-0.05, 0) is 54.1 Å². The summed E-state index contributed by atoms with van der Waals surface area (Å²) in [7, 11) is 4.68. The van der Waals surface area contributed by atoms with Gasteiger partial charge < -0.3 is 19.5 Å². The number of anilines is 1. The molecule has 192 valence electrons. The molecule has 0 spiro atoms. The minimum Gasteiger partial charge on any atom is -0.497 e. The number of carbonyl (C=O) groups excluding carboxylic acids is 2. The average molecular weight is 540 g/mol. The fraction of sp³-hybridized carbons (Fsp3) is 0.222. The van der Waals surface area contributed by atoms with Crippen LogP contribution >= 0.6 is 23.4 Å². The van der Waals surface area contributed by atoms with Gasteiger partial charge in [0.05, 0.1) is 33.6 Å². The SMILES string of the molecule is COc1cccc(NC(=O)C2CC(=O)N(Cc3ccc(OC)c(OC)c3)C(=Nc3ccc(Cl)cc3)S2)c1. The second-order valence-electron chi connectivity index (χ2n) is 8.07. The minimum atomic E-state index is -0.661. The number of amidine groups is 1. The quantitative estimate of drug-likeness (QED) is 0.405. The lowest BCUT2D eigenvalue weighted by molar-refractivity contribution is -0.129. The van der Waals surface area contributed by atoms with Gasteiger partial charge in [-0.15, -0.1) is 0 Å². The van der Waals surface area contributed by atoms with Gasteiger partial charge >= 0.3 is 0 Å². The predicted octanol–water partition coefficient (Wildman–Crippen LogP) is 5.53. The van der Waals surface area contributed by atoms with Gasteiger partial charge in [-0.2, -0.15) is 0 Å². The zero-order valence-corrected chi connectivity index (χ0v) is 22.1. The van der Waals surface area contributed by atoms with Gasteiger partial charge in [0.15, 0.2) is 16.7 Å². The predicted molar refractivity (Wildman–Crippen MR) is 146 cm³/mol. The smallest absolute Gasteiger partial charge is 0.238 e. The van der Waals surface area contributed by atoms with E-state index in [1.54, 1.807) is 80.8 Å². The van der Waals surface area contributed by atoms with E-state index in [9.17, 15) is 9.59 Å². The zero-order chi connectivity index (χ0) is 26.4. The van der Waals surface area contributed by atoms with E-state index in [-0.39, 0.29) is 24.8 Å². The molecule has 37 heavy (non-hydrogen) atoms. The van der Waals surface area contributed by atoms with Crippen LogP contribution in [0.15, 0.2) is 71.7 Å². The summed E-state index contributed by atoms with van der Waals surface area (Å²) in [4.78, 5) is 32.8. The fourth-order valence-corrected chi connectivity index (χ4v) is 4.93.